The van der Waals surface area contributed by atoms with Gasteiger partial charge in [-0.25, -0.2) is 9.18 Å². The van der Waals surface area contributed by atoms with E-state index in [0.717, 1.165) is 16.7 Å². The zero-order valence-electron chi connectivity index (χ0n) is 16.3. The van der Waals surface area contributed by atoms with Crippen LogP contribution >= 0.6 is 11.6 Å². The Balaban J connectivity index is 1.39. The Labute approximate surface area is 178 Å². The van der Waals surface area contributed by atoms with Crippen molar-refractivity contribution in [2.24, 2.45) is 5.92 Å². The van der Waals surface area contributed by atoms with Crippen molar-refractivity contribution >= 4 is 29.7 Å². The number of benzene rings is 2. The van der Waals surface area contributed by atoms with Gasteiger partial charge in [0.15, 0.2) is 0 Å². The first-order chi connectivity index (χ1) is 14.5. The average molecular weight is 427 g/mol. The van der Waals surface area contributed by atoms with Crippen LogP contribution in [0.15, 0.2) is 58.5 Å². The van der Waals surface area contributed by atoms with Gasteiger partial charge in [-0.1, -0.05) is 53.5 Å². The summed E-state index contributed by atoms with van der Waals surface area (Å²) in [6, 6.07) is 13.6. The summed E-state index contributed by atoms with van der Waals surface area (Å²) in [5.41, 5.74) is 2.65. The summed E-state index contributed by atoms with van der Waals surface area (Å²) < 4.78 is 19.1. The van der Waals surface area contributed by atoms with E-state index in [2.05, 4.69) is 15.5 Å². The zero-order chi connectivity index (χ0) is 21.1. The molecule has 1 aliphatic heterocycles. The number of nitrogens with zero attached hydrogens (tertiary/aromatic N) is 3. The zero-order valence-corrected chi connectivity index (χ0v) is 17.1. The van der Waals surface area contributed by atoms with Crippen LogP contribution in [0.4, 0.5) is 15.2 Å². The van der Waals surface area contributed by atoms with Crippen LogP contribution in [0.3, 0.4) is 0 Å². The minimum Gasteiger partial charge on any atom is -0.403 e. The van der Waals surface area contributed by atoms with Gasteiger partial charge in [0.05, 0.1) is 0 Å². The number of carbonyl (C=O) groups is 1. The molecule has 3 aromatic rings. The third-order valence-electron chi connectivity index (χ3n) is 4.98. The van der Waals surface area contributed by atoms with E-state index in [-0.39, 0.29) is 23.8 Å². The van der Waals surface area contributed by atoms with Gasteiger partial charge in [-0.2, -0.15) is 0 Å². The lowest BCUT2D eigenvalue weighted by Crippen LogP contribution is -2.42. The maximum atomic E-state index is 13.6. The first-order valence-corrected chi connectivity index (χ1v) is 9.97. The summed E-state index contributed by atoms with van der Waals surface area (Å²) in [4.78, 5) is 14.3. The number of aromatic nitrogens is 2. The van der Waals surface area contributed by atoms with Crippen molar-refractivity contribution in [3.05, 3.63) is 70.5 Å². The van der Waals surface area contributed by atoms with Crippen LogP contribution in [0, 0.1) is 11.7 Å². The third kappa shape index (κ3) is 4.68. The van der Waals surface area contributed by atoms with Crippen LogP contribution in [-0.2, 0) is 0 Å². The normalized spacial score (nSPS) is 17.9. The predicted octanol–water partition coefficient (Wildman–Crippen LogP) is 5.49. The van der Waals surface area contributed by atoms with Crippen molar-refractivity contribution in [1.29, 1.82) is 0 Å². The molecule has 0 radical (unpaired) electrons. The van der Waals surface area contributed by atoms with E-state index in [1.165, 1.54) is 12.1 Å². The van der Waals surface area contributed by atoms with E-state index >= 15 is 0 Å². The summed E-state index contributed by atoms with van der Waals surface area (Å²) in [7, 11) is 0. The molecular formula is C22H20ClFN4O2. The molecule has 1 fully saturated rings. The number of amides is 2. The van der Waals surface area contributed by atoms with Gasteiger partial charge < -0.3 is 9.32 Å². The van der Waals surface area contributed by atoms with E-state index in [1.807, 2.05) is 43.3 Å². The van der Waals surface area contributed by atoms with E-state index in [1.54, 1.807) is 11.0 Å². The second-order valence-electron chi connectivity index (χ2n) is 7.23. The second-order valence-corrected chi connectivity index (χ2v) is 7.66. The maximum Gasteiger partial charge on any atom is 0.325 e. The quantitative estimate of drug-likeness (QED) is 0.601. The van der Waals surface area contributed by atoms with E-state index in [9.17, 15) is 9.18 Å². The molecule has 2 amide bonds. The molecule has 30 heavy (non-hydrogen) atoms. The Hall–Kier alpha value is -3.19. The van der Waals surface area contributed by atoms with E-state index in [4.69, 9.17) is 16.0 Å². The molecule has 0 spiro atoms. The third-order valence-corrected chi connectivity index (χ3v) is 5.20. The van der Waals surface area contributed by atoms with Crippen LogP contribution in [0.5, 0.6) is 0 Å². The van der Waals surface area contributed by atoms with Gasteiger partial charge in [0, 0.05) is 23.7 Å². The van der Waals surface area contributed by atoms with Crippen molar-refractivity contribution in [2.45, 2.75) is 13.3 Å². The maximum absolute atomic E-state index is 13.6. The lowest BCUT2D eigenvalue weighted by molar-refractivity contribution is 0.197. The lowest BCUT2D eigenvalue weighted by atomic mass is 9.91. The Morgan fingerprint density at radius 1 is 1.27 bits per heavy atom. The first kappa shape index (κ1) is 20.1. The van der Waals surface area contributed by atoms with Gasteiger partial charge in [0.25, 0.3) is 0 Å². The molecule has 4 rings (SSSR count). The number of anilines is 1. The van der Waals surface area contributed by atoms with Crippen LogP contribution in [0.2, 0.25) is 5.02 Å². The van der Waals surface area contributed by atoms with E-state index in [0.29, 0.717) is 30.4 Å². The summed E-state index contributed by atoms with van der Waals surface area (Å²) >= 11 is 5.94. The number of rotatable bonds is 3. The number of urea groups is 1. The fraction of sp³-hybridized carbons (Fsp3) is 0.227. The van der Waals surface area contributed by atoms with E-state index < -0.39 is 0 Å². The molecule has 154 valence electrons. The first-order valence-electron chi connectivity index (χ1n) is 9.59. The summed E-state index contributed by atoms with van der Waals surface area (Å²) in [5, 5.41) is 10.9. The van der Waals surface area contributed by atoms with Crippen molar-refractivity contribution < 1.29 is 13.6 Å². The SMILES string of the molecule is CC1CN(C(=O)Nc2nnc(-c3ccccc3)o2)CC/C1=C\c1cc(F)cc(Cl)c1. The van der Waals surface area contributed by atoms with Crippen LogP contribution in [-0.4, -0.2) is 34.2 Å². The van der Waals surface area contributed by atoms with Crippen molar-refractivity contribution in [3.63, 3.8) is 0 Å². The second kappa shape index (κ2) is 8.67. The topological polar surface area (TPSA) is 71.3 Å². The molecule has 8 heteroatoms. The number of piperidine rings is 1. The molecule has 2 aromatic carbocycles. The molecule has 1 unspecified atom stereocenters. The van der Waals surface area contributed by atoms with Gasteiger partial charge in [0.2, 0.25) is 5.89 Å². The highest BCUT2D eigenvalue weighted by atomic mass is 35.5. The Kier molecular flexibility index (Phi) is 5.81. The van der Waals surface area contributed by atoms with Crippen LogP contribution in [0.25, 0.3) is 17.5 Å². The highest BCUT2D eigenvalue weighted by Gasteiger charge is 2.25. The molecule has 6 nitrogen and oxygen atoms in total. The molecular weight excluding hydrogens is 407 g/mol. The number of halogens is 2. The molecule has 1 atom stereocenters. The van der Waals surface area contributed by atoms with Crippen LogP contribution < -0.4 is 5.32 Å². The Morgan fingerprint density at radius 2 is 2.07 bits per heavy atom. The Morgan fingerprint density at radius 3 is 2.80 bits per heavy atom. The number of hydrogen-bond acceptors (Lipinski definition) is 4. The van der Waals surface area contributed by atoms with Crippen molar-refractivity contribution in [3.8, 4) is 11.5 Å². The molecule has 1 saturated heterocycles. The summed E-state index contributed by atoms with van der Waals surface area (Å²) in [6.45, 7) is 3.09. The summed E-state index contributed by atoms with van der Waals surface area (Å²) in [5.74, 6) is 0.0965. The number of nitrogens with one attached hydrogen (secondary N) is 1. The van der Waals surface area contributed by atoms with Gasteiger partial charge in [-0.15, -0.1) is 5.10 Å². The standard InChI is InChI=1S/C22H20ClFN4O2/c1-14-13-28(8-7-17(14)9-15-10-18(23)12-19(24)11-15)22(29)25-21-27-26-20(30-21)16-5-3-2-4-6-16/h2-6,9-12,14H,7-8,13H2,1H3,(H,25,27,29)/b17-9+. The Bertz CT molecular complexity index is 1060. The average Bonchev–Trinajstić information content (AvgIpc) is 3.18. The molecule has 1 aliphatic rings. The summed E-state index contributed by atoms with van der Waals surface area (Å²) in [6.07, 6.45) is 2.63. The largest absolute Gasteiger partial charge is 0.403 e. The van der Waals surface area contributed by atoms with Gasteiger partial charge >= 0.3 is 12.0 Å². The molecule has 1 aromatic heterocycles. The monoisotopic (exact) mass is 426 g/mol. The molecule has 1 N–H and O–H groups in total. The molecule has 0 saturated carbocycles. The van der Waals surface area contributed by atoms with Crippen molar-refractivity contribution in [2.75, 3.05) is 18.4 Å². The number of likely N-dealkylation sites (tertiary alicyclic amines) is 1. The lowest BCUT2D eigenvalue weighted by Gasteiger charge is -2.32. The van der Waals surface area contributed by atoms with Gasteiger partial charge in [-0.05, 0) is 48.2 Å². The number of hydrogen-bond donors (Lipinski definition) is 1. The fourth-order valence-electron chi connectivity index (χ4n) is 3.46. The minimum absolute atomic E-state index is 0.0576. The highest BCUT2D eigenvalue weighted by Crippen LogP contribution is 2.27. The smallest absolute Gasteiger partial charge is 0.325 e. The molecule has 2 heterocycles. The highest BCUT2D eigenvalue weighted by molar-refractivity contribution is 6.30. The van der Waals surface area contributed by atoms with Crippen molar-refractivity contribution in [1.82, 2.24) is 15.1 Å². The predicted molar refractivity (Wildman–Crippen MR) is 113 cm³/mol. The fourth-order valence-corrected chi connectivity index (χ4v) is 3.69. The van der Waals surface area contributed by atoms with Gasteiger partial charge in [-0.3, -0.25) is 5.32 Å². The van der Waals surface area contributed by atoms with Gasteiger partial charge in [0.1, 0.15) is 5.82 Å². The number of carbonyl (C=O) groups excluding carboxylic acids is 1. The molecule has 0 aliphatic carbocycles. The minimum atomic E-state index is -0.367. The molecule has 0 bridgehead atoms. The van der Waals surface area contributed by atoms with Crippen LogP contribution in [0.1, 0.15) is 18.9 Å².